The van der Waals surface area contributed by atoms with Crippen LogP contribution in [0.2, 0.25) is 0 Å². The van der Waals surface area contributed by atoms with Gasteiger partial charge in [-0.3, -0.25) is 0 Å². The number of likely N-dealkylation sites (tertiary alicyclic amines) is 1. The van der Waals surface area contributed by atoms with Crippen LogP contribution < -0.4 is 0 Å². The van der Waals surface area contributed by atoms with Crippen LogP contribution in [0, 0.1) is 5.92 Å². The summed E-state index contributed by atoms with van der Waals surface area (Å²) in [6, 6.07) is 0. The average molecular weight is 197 g/mol. The van der Waals surface area contributed by atoms with Gasteiger partial charge < -0.3 is 0 Å². The van der Waals surface area contributed by atoms with E-state index in [1.165, 1.54) is 0 Å². The molecule has 0 N–H and O–H groups in total. The molecule has 1 saturated heterocycles. The average Bonchev–Trinajstić information content (AvgIpc) is 2.19. The van der Waals surface area contributed by atoms with E-state index in [0.717, 1.165) is 33.1 Å². The quantitative estimate of drug-likeness (QED) is 0.632. The molecule has 14 heavy (non-hydrogen) atoms. The number of nitrogens with zero attached hydrogens (tertiary/aromatic N) is 1. The van der Waals surface area contributed by atoms with Crippen molar-refractivity contribution >= 4 is 7.15 Å². The van der Waals surface area contributed by atoms with Crippen molar-refractivity contribution in [3.05, 3.63) is 0 Å². The van der Waals surface area contributed by atoms with Crippen molar-refractivity contribution in [2.75, 3.05) is 26.6 Å². The molecule has 0 aromatic heterocycles. The molecule has 0 atom stereocenters. The zero-order chi connectivity index (χ0) is 10.6. The predicted octanol–water partition coefficient (Wildman–Crippen LogP) is 1.13. The summed E-state index contributed by atoms with van der Waals surface area (Å²) >= 11 is 0. The molecule has 0 amide bonds. The first-order valence-corrected chi connectivity index (χ1v) is 5.31. The van der Waals surface area contributed by atoms with Crippen LogP contribution in [0.5, 0.6) is 0 Å². The third-order valence-electron chi connectivity index (χ3n) is 3.43. The fraction of sp³-hybridized carbons (Fsp3) is 1.00. The van der Waals surface area contributed by atoms with E-state index in [4.69, 9.17) is 4.74 Å². The first-order valence-electron chi connectivity index (χ1n) is 5.31. The van der Waals surface area contributed by atoms with Gasteiger partial charge in [-0.2, -0.15) is 0 Å². The second-order valence-corrected chi connectivity index (χ2v) is 4.55. The molecule has 1 heterocycles. The van der Waals surface area contributed by atoms with E-state index in [2.05, 4.69) is 18.7 Å². The molecule has 0 bridgehead atoms. The molecule has 0 radical (unpaired) electrons. The molecular formula is C10H20BNO2. The summed E-state index contributed by atoms with van der Waals surface area (Å²) in [5.74, 6) is 0.621. The fourth-order valence-electron chi connectivity index (χ4n) is 2.08. The van der Waals surface area contributed by atoms with Gasteiger partial charge in [-0.05, 0) is 0 Å². The van der Waals surface area contributed by atoms with Crippen molar-refractivity contribution < 1.29 is 9.44 Å². The van der Waals surface area contributed by atoms with Gasteiger partial charge in [0.25, 0.3) is 0 Å². The monoisotopic (exact) mass is 197 g/mol. The SMILES string of the molecule is COC(C)(C)C1CCN(CB=O)CC1. The van der Waals surface area contributed by atoms with Crippen molar-refractivity contribution in [1.82, 2.24) is 4.90 Å². The third kappa shape index (κ3) is 2.89. The van der Waals surface area contributed by atoms with Crippen LogP contribution in [-0.4, -0.2) is 44.3 Å². The third-order valence-corrected chi connectivity index (χ3v) is 3.43. The van der Waals surface area contributed by atoms with Gasteiger partial charge in [-0.25, -0.2) is 0 Å². The van der Waals surface area contributed by atoms with Crippen molar-refractivity contribution in [3.8, 4) is 0 Å². The summed E-state index contributed by atoms with van der Waals surface area (Å²) in [4.78, 5) is 2.20. The first-order chi connectivity index (χ1) is 6.60. The number of piperidine rings is 1. The Morgan fingerprint density at radius 3 is 2.43 bits per heavy atom. The molecule has 3 nitrogen and oxygen atoms in total. The van der Waals surface area contributed by atoms with Crippen molar-refractivity contribution in [2.24, 2.45) is 5.92 Å². The summed E-state index contributed by atoms with van der Waals surface area (Å²) in [6.07, 6.45) is 2.85. The Hall–Kier alpha value is -0.215. The Labute approximate surface area is 87.1 Å². The number of ether oxygens (including phenoxy) is 1. The van der Waals surface area contributed by atoms with Gasteiger partial charge in [0.05, 0.1) is 0 Å². The van der Waals surface area contributed by atoms with Crippen molar-refractivity contribution in [3.63, 3.8) is 0 Å². The van der Waals surface area contributed by atoms with Gasteiger partial charge in [-0.15, -0.1) is 0 Å². The molecule has 1 aliphatic heterocycles. The molecule has 1 aliphatic rings. The molecule has 0 aromatic carbocycles. The minimum atomic E-state index is -0.0206. The molecule has 80 valence electrons. The first kappa shape index (κ1) is 11.9. The Bertz CT molecular complexity index is 189. The van der Waals surface area contributed by atoms with Gasteiger partial charge in [0.2, 0.25) is 0 Å². The van der Waals surface area contributed by atoms with Crippen LogP contribution in [0.1, 0.15) is 26.7 Å². The number of hydrogen-bond acceptors (Lipinski definition) is 3. The Morgan fingerprint density at radius 1 is 1.43 bits per heavy atom. The number of methoxy groups -OCH3 is 1. The Morgan fingerprint density at radius 2 is 2.00 bits per heavy atom. The van der Waals surface area contributed by atoms with Crippen LogP contribution in [0.15, 0.2) is 0 Å². The van der Waals surface area contributed by atoms with Crippen molar-refractivity contribution in [1.29, 1.82) is 0 Å². The molecule has 4 heteroatoms. The van der Waals surface area contributed by atoms with Crippen LogP contribution in [0.3, 0.4) is 0 Å². The van der Waals surface area contributed by atoms with Gasteiger partial charge in [-0.1, -0.05) is 0 Å². The molecule has 1 fully saturated rings. The van der Waals surface area contributed by atoms with Gasteiger partial charge >= 0.3 is 86.3 Å². The van der Waals surface area contributed by atoms with Gasteiger partial charge in [0, 0.05) is 0 Å². The Kier molecular flexibility index (Phi) is 4.26. The van der Waals surface area contributed by atoms with Gasteiger partial charge in [0.15, 0.2) is 0 Å². The maximum absolute atomic E-state index is 10.3. The molecule has 1 rings (SSSR count). The molecule has 0 saturated carbocycles. The fourth-order valence-corrected chi connectivity index (χ4v) is 2.08. The number of rotatable bonds is 4. The van der Waals surface area contributed by atoms with Crippen LogP contribution in [0.4, 0.5) is 0 Å². The summed E-state index contributed by atoms with van der Waals surface area (Å²) < 4.78 is 15.8. The summed E-state index contributed by atoms with van der Waals surface area (Å²) in [5.41, 5.74) is -0.0206. The minimum absolute atomic E-state index is 0.0206. The van der Waals surface area contributed by atoms with E-state index in [1.807, 2.05) is 0 Å². The van der Waals surface area contributed by atoms with E-state index >= 15 is 0 Å². The predicted molar refractivity (Wildman–Crippen MR) is 56.7 cm³/mol. The summed E-state index contributed by atoms with van der Waals surface area (Å²) in [6.45, 7) is 6.34. The number of hydrogen-bond donors (Lipinski definition) is 0. The van der Waals surface area contributed by atoms with E-state index in [1.54, 1.807) is 7.11 Å². The van der Waals surface area contributed by atoms with E-state index in [0.29, 0.717) is 12.4 Å². The summed E-state index contributed by atoms with van der Waals surface area (Å²) in [5, 5.41) is 0. The Balaban J connectivity index is 2.38. The van der Waals surface area contributed by atoms with Crippen molar-refractivity contribution in [2.45, 2.75) is 32.3 Å². The maximum atomic E-state index is 10.3. The topological polar surface area (TPSA) is 29.5 Å². The molecular weight excluding hydrogens is 177 g/mol. The zero-order valence-electron chi connectivity index (χ0n) is 9.45. The van der Waals surface area contributed by atoms with Crippen LogP contribution in [-0.2, 0) is 9.44 Å². The van der Waals surface area contributed by atoms with Crippen LogP contribution >= 0.6 is 0 Å². The zero-order valence-corrected chi connectivity index (χ0v) is 9.45. The molecule has 0 aliphatic carbocycles. The molecule has 0 unspecified atom stereocenters. The van der Waals surface area contributed by atoms with E-state index in [-0.39, 0.29) is 5.60 Å². The standard InChI is InChI=1S/C10H20BNO2/c1-10(2,14-3)9-4-6-12(7-5-9)8-11-13/h9H,4-8H2,1-3H3. The second-order valence-electron chi connectivity index (χ2n) is 4.55. The normalized spacial score (nSPS) is 20.8. The van der Waals surface area contributed by atoms with Gasteiger partial charge in [0.1, 0.15) is 0 Å². The molecule has 0 spiro atoms. The molecule has 0 aromatic rings. The second kappa shape index (κ2) is 5.03. The van der Waals surface area contributed by atoms with E-state index in [9.17, 15) is 4.70 Å². The summed E-state index contributed by atoms with van der Waals surface area (Å²) in [7, 11) is 2.76. The van der Waals surface area contributed by atoms with E-state index < -0.39 is 0 Å². The van der Waals surface area contributed by atoms with Crippen LogP contribution in [0.25, 0.3) is 0 Å².